The molecule has 2 heterocycles. The minimum atomic E-state index is -0.337. The fourth-order valence-corrected chi connectivity index (χ4v) is 5.12. The SMILES string of the molecule is Cn1cnc(C(=O)N(Cc2ccc(F)c(OC3CCCC3)c2)CC2C3CNCC32)c1. The summed E-state index contributed by atoms with van der Waals surface area (Å²) < 4.78 is 22.1. The molecule has 1 aliphatic heterocycles. The van der Waals surface area contributed by atoms with Crippen molar-refractivity contribution in [2.75, 3.05) is 19.6 Å². The number of rotatable bonds is 7. The molecule has 1 saturated heterocycles. The lowest BCUT2D eigenvalue weighted by Crippen LogP contribution is -2.34. The second-order valence-corrected chi connectivity index (χ2v) is 9.05. The molecule has 7 heteroatoms. The van der Waals surface area contributed by atoms with Gasteiger partial charge in [-0.25, -0.2) is 9.37 Å². The van der Waals surface area contributed by atoms with E-state index in [4.69, 9.17) is 4.74 Å². The second kappa shape index (κ2) is 8.02. The zero-order valence-electron chi connectivity index (χ0n) is 17.4. The highest BCUT2D eigenvalue weighted by molar-refractivity contribution is 5.92. The average molecular weight is 413 g/mol. The van der Waals surface area contributed by atoms with E-state index in [1.807, 2.05) is 11.9 Å². The lowest BCUT2D eigenvalue weighted by molar-refractivity contribution is 0.0723. The fraction of sp³-hybridized carbons (Fsp3) is 0.565. The molecule has 1 amide bonds. The van der Waals surface area contributed by atoms with Crippen LogP contribution in [0.25, 0.3) is 0 Å². The number of fused-ring (bicyclic) bond motifs is 1. The highest BCUT2D eigenvalue weighted by Crippen LogP contribution is 2.49. The fourth-order valence-electron chi connectivity index (χ4n) is 5.12. The van der Waals surface area contributed by atoms with Crippen molar-refractivity contribution in [3.63, 3.8) is 0 Å². The van der Waals surface area contributed by atoms with Crippen LogP contribution in [0.15, 0.2) is 30.7 Å². The molecule has 3 fully saturated rings. The van der Waals surface area contributed by atoms with Crippen LogP contribution in [-0.4, -0.2) is 46.1 Å². The summed E-state index contributed by atoms with van der Waals surface area (Å²) in [6.45, 7) is 3.22. The van der Waals surface area contributed by atoms with E-state index in [0.29, 0.717) is 42.3 Å². The Labute approximate surface area is 176 Å². The van der Waals surface area contributed by atoms with Gasteiger partial charge in [0, 0.05) is 26.3 Å². The predicted molar refractivity (Wildman–Crippen MR) is 111 cm³/mol. The maximum Gasteiger partial charge on any atom is 0.274 e. The van der Waals surface area contributed by atoms with Crippen LogP contribution in [0.5, 0.6) is 5.75 Å². The number of nitrogens with zero attached hydrogens (tertiary/aromatic N) is 3. The number of benzene rings is 1. The number of aryl methyl sites for hydroxylation is 1. The number of hydrogen-bond donors (Lipinski definition) is 1. The standard InChI is InChI=1S/C23H29FN4O2/c1-27-13-21(26-14-27)23(29)28(12-19-17-9-25-10-18(17)19)11-15-6-7-20(24)22(8-15)30-16-4-2-3-5-16/h6-8,13-14,16-19,25H,2-5,9-12H2,1H3. The van der Waals surface area contributed by atoms with Crippen LogP contribution in [0, 0.1) is 23.6 Å². The van der Waals surface area contributed by atoms with Crippen LogP contribution in [0.2, 0.25) is 0 Å². The van der Waals surface area contributed by atoms with Gasteiger partial charge in [-0.2, -0.15) is 0 Å². The summed E-state index contributed by atoms with van der Waals surface area (Å²) in [5.41, 5.74) is 1.34. The summed E-state index contributed by atoms with van der Waals surface area (Å²) in [5.74, 6) is 1.76. The first-order chi connectivity index (χ1) is 14.6. The van der Waals surface area contributed by atoms with E-state index < -0.39 is 0 Å². The van der Waals surface area contributed by atoms with Gasteiger partial charge in [-0.1, -0.05) is 6.07 Å². The molecule has 2 aromatic rings. The van der Waals surface area contributed by atoms with E-state index in [-0.39, 0.29) is 17.8 Å². The zero-order chi connectivity index (χ0) is 20.7. The van der Waals surface area contributed by atoms with Gasteiger partial charge in [0.1, 0.15) is 5.69 Å². The minimum absolute atomic E-state index is 0.0730. The zero-order valence-corrected chi connectivity index (χ0v) is 17.4. The van der Waals surface area contributed by atoms with Gasteiger partial charge >= 0.3 is 0 Å². The molecule has 1 aromatic carbocycles. The molecular formula is C23H29FN4O2. The van der Waals surface area contributed by atoms with Gasteiger partial charge in [0.15, 0.2) is 11.6 Å². The van der Waals surface area contributed by atoms with Gasteiger partial charge in [0.05, 0.1) is 12.4 Å². The Morgan fingerprint density at radius 3 is 2.77 bits per heavy atom. The summed E-state index contributed by atoms with van der Waals surface area (Å²) in [4.78, 5) is 19.3. The molecule has 6 nitrogen and oxygen atoms in total. The van der Waals surface area contributed by atoms with Gasteiger partial charge in [-0.05, 0) is 74.2 Å². The van der Waals surface area contributed by atoms with Crippen LogP contribution < -0.4 is 10.1 Å². The molecule has 5 rings (SSSR count). The van der Waals surface area contributed by atoms with E-state index in [2.05, 4.69) is 10.3 Å². The Morgan fingerprint density at radius 2 is 2.07 bits per heavy atom. The van der Waals surface area contributed by atoms with Crippen LogP contribution in [0.1, 0.15) is 41.7 Å². The second-order valence-electron chi connectivity index (χ2n) is 9.05. The Kier molecular flexibility index (Phi) is 5.23. The first-order valence-electron chi connectivity index (χ1n) is 11.0. The van der Waals surface area contributed by atoms with Crippen molar-refractivity contribution < 1.29 is 13.9 Å². The van der Waals surface area contributed by atoms with E-state index in [0.717, 1.165) is 44.3 Å². The molecule has 2 aliphatic carbocycles. The molecule has 3 aliphatic rings. The van der Waals surface area contributed by atoms with Crippen molar-refractivity contribution in [2.45, 2.75) is 38.3 Å². The normalized spacial score (nSPS) is 25.3. The summed E-state index contributed by atoms with van der Waals surface area (Å²) in [6.07, 6.45) is 7.72. The number of aromatic nitrogens is 2. The number of halogens is 1. The van der Waals surface area contributed by atoms with E-state index in [1.54, 1.807) is 29.2 Å². The lowest BCUT2D eigenvalue weighted by Gasteiger charge is -2.24. The van der Waals surface area contributed by atoms with Crippen molar-refractivity contribution in [3.8, 4) is 5.75 Å². The first-order valence-corrected chi connectivity index (χ1v) is 11.0. The molecule has 0 bridgehead atoms. The summed E-state index contributed by atoms with van der Waals surface area (Å²) in [5, 5.41) is 3.41. The van der Waals surface area contributed by atoms with Crippen LogP contribution in [-0.2, 0) is 13.6 Å². The van der Waals surface area contributed by atoms with Crippen molar-refractivity contribution >= 4 is 5.91 Å². The predicted octanol–water partition coefficient (Wildman–Crippen LogP) is 2.99. The molecule has 1 N–H and O–H groups in total. The highest BCUT2D eigenvalue weighted by atomic mass is 19.1. The van der Waals surface area contributed by atoms with Crippen molar-refractivity contribution in [1.29, 1.82) is 0 Å². The highest BCUT2D eigenvalue weighted by Gasteiger charge is 2.53. The van der Waals surface area contributed by atoms with Crippen molar-refractivity contribution in [2.24, 2.45) is 24.8 Å². The smallest absolute Gasteiger partial charge is 0.274 e. The maximum atomic E-state index is 14.3. The number of ether oxygens (including phenoxy) is 1. The third kappa shape index (κ3) is 3.95. The third-order valence-electron chi connectivity index (χ3n) is 6.88. The van der Waals surface area contributed by atoms with E-state index in [9.17, 15) is 9.18 Å². The van der Waals surface area contributed by atoms with E-state index in [1.165, 1.54) is 6.07 Å². The molecule has 2 atom stereocenters. The topological polar surface area (TPSA) is 59.4 Å². The van der Waals surface area contributed by atoms with Gasteiger partial charge in [-0.15, -0.1) is 0 Å². The summed E-state index contributed by atoms with van der Waals surface area (Å²) >= 11 is 0. The molecule has 0 radical (unpaired) electrons. The van der Waals surface area contributed by atoms with Crippen molar-refractivity contribution in [3.05, 3.63) is 47.8 Å². The molecule has 30 heavy (non-hydrogen) atoms. The van der Waals surface area contributed by atoms with E-state index >= 15 is 0 Å². The molecule has 160 valence electrons. The van der Waals surface area contributed by atoms with Crippen LogP contribution in [0.3, 0.4) is 0 Å². The Hall–Kier alpha value is -2.41. The van der Waals surface area contributed by atoms with Crippen LogP contribution >= 0.6 is 0 Å². The summed E-state index contributed by atoms with van der Waals surface area (Å²) in [6, 6.07) is 4.98. The molecular weight excluding hydrogens is 383 g/mol. The van der Waals surface area contributed by atoms with Gasteiger partial charge in [0.25, 0.3) is 5.91 Å². The number of amides is 1. The number of carbonyl (C=O) groups excluding carboxylic acids is 1. The number of carbonyl (C=O) groups is 1. The van der Waals surface area contributed by atoms with Gasteiger partial charge < -0.3 is 19.5 Å². The minimum Gasteiger partial charge on any atom is -0.487 e. The third-order valence-corrected chi connectivity index (χ3v) is 6.88. The Bertz CT molecular complexity index is 914. The molecule has 1 aromatic heterocycles. The van der Waals surface area contributed by atoms with Crippen molar-refractivity contribution in [1.82, 2.24) is 19.8 Å². The first kappa shape index (κ1) is 19.5. The Balaban J connectivity index is 1.34. The lowest BCUT2D eigenvalue weighted by atomic mass is 10.1. The Morgan fingerprint density at radius 1 is 1.30 bits per heavy atom. The average Bonchev–Trinajstić information content (AvgIpc) is 3.27. The molecule has 2 saturated carbocycles. The van der Waals surface area contributed by atoms with Crippen LogP contribution in [0.4, 0.5) is 4.39 Å². The quantitative estimate of drug-likeness (QED) is 0.760. The number of piperidine rings is 1. The largest absolute Gasteiger partial charge is 0.487 e. The number of nitrogens with one attached hydrogen (secondary N) is 1. The molecule has 0 spiro atoms. The van der Waals surface area contributed by atoms with Gasteiger partial charge in [-0.3, -0.25) is 4.79 Å². The molecule has 2 unspecified atom stereocenters. The summed E-state index contributed by atoms with van der Waals surface area (Å²) in [7, 11) is 1.86. The maximum absolute atomic E-state index is 14.3. The number of imidazole rings is 1. The monoisotopic (exact) mass is 412 g/mol. The van der Waals surface area contributed by atoms with Gasteiger partial charge in [0.2, 0.25) is 0 Å². The number of hydrogen-bond acceptors (Lipinski definition) is 4.